The fraction of sp³-hybridized carbons (Fsp3) is 0.694. The molecular weight excluding hydrogens is 604 g/mol. The fourth-order valence-corrected chi connectivity index (χ4v) is 12.3. The Labute approximate surface area is 274 Å². The molecular formula is C36H52O9Si. The van der Waals surface area contributed by atoms with Gasteiger partial charge in [0.05, 0.1) is 29.6 Å². The van der Waals surface area contributed by atoms with Crippen LogP contribution in [0.3, 0.4) is 0 Å². The maximum absolute atomic E-state index is 15.2. The molecule has 2 saturated carbocycles. The molecule has 1 heterocycles. The minimum atomic E-state index is -2.38. The second-order valence-electron chi connectivity index (χ2n) is 14.9. The first-order valence-corrected chi connectivity index (χ1v) is 19.4. The van der Waals surface area contributed by atoms with Crippen molar-refractivity contribution in [3.8, 4) is 0 Å². The van der Waals surface area contributed by atoms with E-state index in [0.717, 1.165) is 23.7 Å². The molecule has 46 heavy (non-hydrogen) atoms. The van der Waals surface area contributed by atoms with Gasteiger partial charge in [-0.05, 0) is 62.0 Å². The van der Waals surface area contributed by atoms with Crippen molar-refractivity contribution in [1.29, 1.82) is 0 Å². The molecule has 1 saturated heterocycles. The van der Waals surface area contributed by atoms with E-state index in [1.165, 1.54) is 6.92 Å². The summed E-state index contributed by atoms with van der Waals surface area (Å²) in [5.74, 6) is -3.05. The number of fused-ring (bicyclic) bond motifs is 5. The molecule has 10 heteroatoms. The quantitative estimate of drug-likeness (QED) is 0.215. The van der Waals surface area contributed by atoms with Gasteiger partial charge in [0.25, 0.3) is 0 Å². The lowest BCUT2D eigenvalue weighted by Crippen LogP contribution is -2.82. The van der Waals surface area contributed by atoms with E-state index < -0.39 is 78.4 Å². The average Bonchev–Trinajstić information content (AvgIpc) is 3.01. The number of ketones is 1. The highest BCUT2D eigenvalue weighted by atomic mass is 28.4. The number of hydrogen-bond acceptors (Lipinski definition) is 9. The van der Waals surface area contributed by atoms with E-state index in [1.54, 1.807) is 51.1 Å². The Hall–Kier alpha value is -2.37. The highest BCUT2D eigenvalue weighted by Gasteiger charge is 2.78. The van der Waals surface area contributed by atoms with Crippen LogP contribution in [-0.4, -0.2) is 78.5 Å². The van der Waals surface area contributed by atoms with Crippen LogP contribution in [0.2, 0.25) is 18.1 Å². The van der Waals surface area contributed by atoms with Gasteiger partial charge >= 0.3 is 11.9 Å². The summed E-state index contributed by atoms with van der Waals surface area (Å²) >= 11 is 0. The number of carbonyl (C=O) groups is 3. The van der Waals surface area contributed by atoms with Gasteiger partial charge in [-0.3, -0.25) is 9.59 Å². The topological polar surface area (TPSA) is 129 Å². The molecule has 1 aromatic carbocycles. The van der Waals surface area contributed by atoms with Crippen molar-refractivity contribution >= 4 is 26.0 Å². The molecule has 2 bridgehead atoms. The molecule has 9 atom stereocenters. The summed E-state index contributed by atoms with van der Waals surface area (Å²) in [7, 11) is -2.38. The third-order valence-electron chi connectivity index (χ3n) is 12.6. The van der Waals surface area contributed by atoms with Crippen molar-refractivity contribution < 1.29 is 43.2 Å². The minimum absolute atomic E-state index is 0.0430. The van der Waals surface area contributed by atoms with Gasteiger partial charge in [0.15, 0.2) is 19.7 Å². The summed E-state index contributed by atoms with van der Waals surface area (Å²) < 4.78 is 26.0. The van der Waals surface area contributed by atoms with Crippen LogP contribution in [0.15, 0.2) is 41.5 Å². The Bertz CT molecular complexity index is 1390. The number of esters is 2. The van der Waals surface area contributed by atoms with Gasteiger partial charge in [0, 0.05) is 18.8 Å². The normalized spacial score (nSPS) is 38.5. The zero-order chi connectivity index (χ0) is 34.0. The number of carbonyl (C=O) groups excluding carboxylic acids is 3. The molecule has 0 amide bonds. The predicted molar refractivity (Wildman–Crippen MR) is 174 cm³/mol. The molecule has 3 aliphatic carbocycles. The lowest BCUT2D eigenvalue weighted by molar-refractivity contribution is -0.344. The second-order valence-corrected chi connectivity index (χ2v) is 19.6. The lowest BCUT2D eigenvalue weighted by Gasteiger charge is -2.68. The van der Waals surface area contributed by atoms with E-state index in [0.29, 0.717) is 5.57 Å². The van der Waals surface area contributed by atoms with Crippen LogP contribution in [0.4, 0.5) is 0 Å². The van der Waals surface area contributed by atoms with Crippen LogP contribution in [0, 0.1) is 22.7 Å². The third kappa shape index (κ3) is 4.88. The van der Waals surface area contributed by atoms with Crippen LogP contribution in [0.1, 0.15) is 85.5 Å². The Morgan fingerprint density at radius 1 is 1.07 bits per heavy atom. The molecule has 0 spiro atoms. The Balaban J connectivity index is 1.84. The van der Waals surface area contributed by atoms with Gasteiger partial charge in [-0.25, -0.2) is 4.79 Å². The number of Topliss-reactive ketones (excluding diaryl/α,β-unsaturated/α-hetero) is 1. The van der Waals surface area contributed by atoms with Crippen molar-refractivity contribution in [2.24, 2.45) is 22.7 Å². The summed E-state index contributed by atoms with van der Waals surface area (Å²) in [5, 5.41) is 25.4. The van der Waals surface area contributed by atoms with Gasteiger partial charge in [-0.15, -0.1) is 0 Å². The number of allylic oxidation sites excluding steroid dienone is 1. The fourth-order valence-electron chi connectivity index (χ4n) is 9.37. The van der Waals surface area contributed by atoms with Crippen LogP contribution >= 0.6 is 0 Å². The minimum Gasteiger partial charge on any atom is -0.455 e. The average molecular weight is 657 g/mol. The van der Waals surface area contributed by atoms with Crippen molar-refractivity contribution in [3.63, 3.8) is 0 Å². The van der Waals surface area contributed by atoms with Gasteiger partial charge in [0.1, 0.15) is 23.9 Å². The summed E-state index contributed by atoms with van der Waals surface area (Å²) in [6.45, 7) is 16.8. The third-order valence-corrected chi connectivity index (χ3v) is 17.2. The first kappa shape index (κ1) is 34.9. The SMILES string of the molecule is CC[Si](CC)(CC)O[C@H]1C[C@H]2OC[C@@]2(OC(C)=O)[C@H]2[C@H](OC(=O)c3ccccc3)[C@]3(O)C[C@H](C)C(C)=C([C@@H](O)C(=O)[C@]12C)C3(C)C. The highest BCUT2D eigenvalue weighted by Crippen LogP contribution is 2.65. The van der Waals surface area contributed by atoms with Crippen LogP contribution < -0.4 is 0 Å². The van der Waals surface area contributed by atoms with E-state index in [4.69, 9.17) is 18.6 Å². The molecule has 0 aromatic heterocycles. The first-order chi connectivity index (χ1) is 21.5. The highest BCUT2D eigenvalue weighted by molar-refractivity contribution is 6.73. The van der Waals surface area contributed by atoms with Gasteiger partial charge in [0.2, 0.25) is 0 Å². The van der Waals surface area contributed by atoms with E-state index in [-0.39, 0.29) is 30.9 Å². The van der Waals surface area contributed by atoms with Gasteiger partial charge in [-0.2, -0.15) is 0 Å². The largest absolute Gasteiger partial charge is 0.455 e. The summed E-state index contributed by atoms with van der Waals surface area (Å²) in [5.41, 5.74) is -4.37. The van der Waals surface area contributed by atoms with Crippen molar-refractivity contribution in [2.75, 3.05) is 6.61 Å². The molecule has 5 rings (SSSR count). The molecule has 3 fully saturated rings. The van der Waals surface area contributed by atoms with E-state index in [9.17, 15) is 19.8 Å². The van der Waals surface area contributed by atoms with Gasteiger partial charge < -0.3 is 28.8 Å². The van der Waals surface area contributed by atoms with Gasteiger partial charge in [-0.1, -0.05) is 65.3 Å². The maximum Gasteiger partial charge on any atom is 0.338 e. The van der Waals surface area contributed by atoms with E-state index >= 15 is 4.79 Å². The molecule has 2 N–H and O–H groups in total. The summed E-state index contributed by atoms with van der Waals surface area (Å²) in [4.78, 5) is 42.1. The molecule has 4 aliphatic rings. The maximum atomic E-state index is 15.2. The van der Waals surface area contributed by atoms with Crippen molar-refractivity contribution in [2.45, 2.75) is 129 Å². The zero-order valence-electron chi connectivity index (χ0n) is 28.8. The predicted octanol–water partition coefficient (Wildman–Crippen LogP) is 5.39. The van der Waals surface area contributed by atoms with E-state index in [2.05, 4.69) is 20.8 Å². The molecule has 0 radical (unpaired) electrons. The number of aliphatic hydroxyl groups excluding tert-OH is 1. The molecule has 0 unspecified atom stereocenters. The zero-order valence-corrected chi connectivity index (χ0v) is 29.8. The number of ether oxygens (including phenoxy) is 3. The Kier molecular flexibility index (Phi) is 9.08. The Morgan fingerprint density at radius 2 is 1.67 bits per heavy atom. The van der Waals surface area contributed by atoms with Crippen LogP contribution in [-0.2, 0) is 28.2 Å². The lowest BCUT2D eigenvalue weighted by atomic mass is 9.44. The van der Waals surface area contributed by atoms with Crippen LogP contribution in [0.5, 0.6) is 0 Å². The first-order valence-electron chi connectivity index (χ1n) is 16.9. The van der Waals surface area contributed by atoms with Crippen molar-refractivity contribution in [3.05, 3.63) is 47.0 Å². The number of hydrogen-bond donors (Lipinski definition) is 2. The molecule has 9 nitrogen and oxygen atoms in total. The van der Waals surface area contributed by atoms with Crippen LogP contribution in [0.25, 0.3) is 0 Å². The monoisotopic (exact) mass is 656 g/mol. The van der Waals surface area contributed by atoms with E-state index in [1.807, 2.05) is 13.8 Å². The molecule has 254 valence electrons. The molecule has 1 aliphatic heterocycles. The molecule has 1 aromatic rings. The Morgan fingerprint density at radius 3 is 2.20 bits per heavy atom. The summed E-state index contributed by atoms with van der Waals surface area (Å²) in [6, 6.07) is 11.0. The number of rotatable bonds is 8. The smallest absolute Gasteiger partial charge is 0.338 e. The second kappa shape index (κ2) is 11.9. The number of benzene rings is 1. The standard InChI is InChI=1S/C36H52O9Si/c1-10-46(11-2,12-3)45-25-18-26-35(20-42-26,44-23(6)37)29-31(43-32(40)24-16-14-13-15-17-24)36(41)19-21(4)22(5)27(33(36,7)8)28(38)30(39)34(25,29)9/h13-17,21,25-26,28-29,31,38,41H,10-12,18-20H2,1-9H3/t21-,25-,26+,28+,29-,31-,34+,35-,36+/m0/s1. The number of aliphatic hydroxyl groups is 2. The van der Waals surface area contributed by atoms with Crippen molar-refractivity contribution in [1.82, 2.24) is 0 Å². The summed E-state index contributed by atoms with van der Waals surface area (Å²) in [6.07, 6.45) is -3.85.